The van der Waals surface area contributed by atoms with Crippen molar-refractivity contribution in [3.05, 3.63) is 29.8 Å². The van der Waals surface area contributed by atoms with Crippen molar-refractivity contribution in [2.24, 2.45) is 0 Å². The average molecular weight is 276 g/mol. The molecule has 0 spiro atoms. The molecule has 3 nitrogen and oxygen atoms in total. The van der Waals surface area contributed by atoms with Gasteiger partial charge in [0.15, 0.2) is 0 Å². The van der Waals surface area contributed by atoms with E-state index < -0.39 is 0 Å². The fourth-order valence-corrected chi connectivity index (χ4v) is 4.00. The molecule has 4 heteroatoms. The van der Waals surface area contributed by atoms with Crippen LogP contribution in [0.15, 0.2) is 24.3 Å². The second kappa shape index (κ2) is 5.87. The molecule has 2 atom stereocenters. The molecule has 19 heavy (non-hydrogen) atoms. The van der Waals surface area contributed by atoms with Crippen LogP contribution in [-0.4, -0.2) is 29.5 Å². The first-order valence-corrected chi connectivity index (χ1v) is 8.11. The maximum absolute atomic E-state index is 12.2. The molecule has 2 aliphatic heterocycles. The number of hydrogen-bond acceptors (Lipinski definition) is 3. The summed E-state index contributed by atoms with van der Waals surface area (Å²) in [4.78, 5) is 12.2. The summed E-state index contributed by atoms with van der Waals surface area (Å²) in [6.07, 6.45) is 4.68. The molecule has 0 bridgehead atoms. The highest BCUT2D eigenvalue weighted by atomic mass is 32.2. The third kappa shape index (κ3) is 3.06. The molecule has 2 N–H and O–H groups in total. The van der Waals surface area contributed by atoms with Crippen LogP contribution in [0.3, 0.4) is 0 Å². The van der Waals surface area contributed by atoms with Crippen molar-refractivity contribution >= 4 is 23.4 Å². The van der Waals surface area contributed by atoms with Gasteiger partial charge in [0.2, 0.25) is 5.91 Å². The Balaban J connectivity index is 1.49. The lowest BCUT2D eigenvalue weighted by Gasteiger charge is -2.22. The minimum absolute atomic E-state index is 0.0917. The fourth-order valence-electron chi connectivity index (χ4n) is 2.76. The molecule has 0 aliphatic carbocycles. The van der Waals surface area contributed by atoms with Crippen LogP contribution in [-0.2, 0) is 11.2 Å². The number of benzene rings is 1. The molecule has 1 fully saturated rings. The van der Waals surface area contributed by atoms with E-state index in [-0.39, 0.29) is 11.9 Å². The van der Waals surface area contributed by atoms with Gasteiger partial charge in [-0.2, -0.15) is 11.8 Å². The maximum atomic E-state index is 12.2. The van der Waals surface area contributed by atoms with Crippen LogP contribution in [0.2, 0.25) is 0 Å². The van der Waals surface area contributed by atoms with Gasteiger partial charge in [0, 0.05) is 23.9 Å². The lowest BCUT2D eigenvalue weighted by Crippen LogP contribution is -2.41. The number of anilines is 1. The van der Waals surface area contributed by atoms with Gasteiger partial charge in [-0.15, -0.1) is 0 Å². The quantitative estimate of drug-likeness (QED) is 0.891. The van der Waals surface area contributed by atoms with E-state index in [2.05, 4.69) is 16.7 Å². The summed E-state index contributed by atoms with van der Waals surface area (Å²) < 4.78 is 0. The van der Waals surface area contributed by atoms with Crippen LogP contribution in [0, 0.1) is 0 Å². The third-order valence-corrected chi connectivity index (χ3v) is 5.26. The van der Waals surface area contributed by atoms with E-state index in [4.69, 9.17) is 0 Å². The molecule has 2 heterocycles. The average Bonchev–Trinajstić information content (AvgIpc) is 2.90. The van der Waals surface area contributed by atoms with Gasteiger partial charge in [-0.3, -0.25) is 4.79 Å². The highest BCUT2D eigenvalue weighted by Gasteiger charge is 2.26. The lowest BCUT2D eigenvalue weighted by molar-refractivity contribution is -0.121. The molecule has 0 radical (unpaired) electrons. The number of hydrogen-bond donors (Lipinski definition) is 2. The molecule has 0 saturated carbocycles. The minimum atomic E-state index is -0.0917. The van der Waals surface area contributed by atoms with Gasteiger partial charge in [0.25, 0.3) is 0 Å². The van der Waals surface area contributed by atoms with Gasteiger partial charge in [0.1, 0.15) is 6.04 Å². The highest BCUT2D eigenvalue weighted by molar-refractivity contribution is 7.99. The molecule has 2 unspecified atom stereocenters. The van der Waals surface area contributed by atoms with Crippen molar-refractivity contribution in [3.8, 4) is 0 Å². The summed E-state index contributed by atoms with van der Waals surface area (Å²) >= 11 is 2.00. The monoisotopic (exact) mass is 276 g/mol. The molecule has 1 amide bonds. The number of thioether (sulfide) groups is 1. The number of rotatable bonds is 3. The van der Waals surface area contributed by atoms with E-state index in [1.54, 1.807) is 0 Å². The predicted octanol–water partition coefficient (Wildman–Crippen LogP) is 2.43. The Morgan fingerprint density at radius 2 is 2.26 bits per heavy atom. The van der Waals surface area contributed by atoms with Crippen LogP contribution in [0.25, 0.3) is 0 Å². The summed E-state index contributed by atoms with van der Waals surface area (Å²) in [6.45, 7) is 0.817. The van der Waals surface area contributed by atoms with Crippen molar-refractivity contribution in [2.75, 3.05) is 17.6 Å². The van der Waals surface area contributed by atoms with E-state index >= 15 is 0 Å². The third-order valence-electron chi connectivity index (χ3n) is 3.87. The Morgan fingerprint density at radius 3 is 3.05 bits per heavy atom. The van der Waals surface area contributed by atoms with Gasteiger partial charge in [-0.05, 0) is 30.2 Å². The zero-order valence-electron chi connectivity index (χ0n) is 11.0. The summed E-state index contributed by atoms with van der Waals surface area (Å²) in [5, 5.41) is 7.02. The molecule has 3 rings (SSSR count). The predicted molar refractivity (Wildman–Crippen MR) is 80.7 cm³/mol. The molecule has 1 saturated heterocycles. The first-order valence-electron chi connectivity index (χ1n) is 7.07. The Morgan fingerprint density at radius 1 is 1.37 bits per heavy atom. The Bertz CT molecular complexity index is 432. The van der Waals surface area contributed by atoms with Crippen molar-refractivity contribution in [3.63, 3.8) is 0 Å². The number of nitrogens with one attached hydrogen (secondary N) is 2. The largest absolute Gasteiger partial charge is 0.373 e. The molecule has 1 aromatic carbocycles. The van der Waals surface area contributed by atoms with Crippen LogP contribution in [0.1, 0.15) is 24.8 Å². The van der Waals surface area contributed by atoms with Crippen molar-refractivity contribution in [1.82, 2.24) is 5.32 Å². The number of amides is 1. The van der Waals surface area contributed by atoms with Crippen LogP contribution in [0.5, 0.6) is 0 Å². The molecular weight excluding hydrogens is 256 g/mol. The highest BCUT2D eigenvalue weighted by Crippen LogP contribution is 2.26. The van der Waals surface area contributed by atoms with E-state index in [1.807, 2.05) is 30.0 Å². The van der Waals surface area contributed by atoms with Gasteiger partial charge in [0.05, 0.1) is 0 Å². The molecular formula is C15H20N2OS. The Labute approximate surface area is 118 Å². The Kier molecular flexibility index (Phi) is 3.97. The molecule has 2 aliphatic rings. The summed E-state index contributed by atoms with van der Waals surface area (Å²) in [6, 6.07) is 8.07. The number of fused-ring (bicyclic) bond motifs is 1. The standard InChI is InChI=1S/C15H20N2OS/c18-15(16-10-12-6-3-4-8-19-12)14-9-11-5-1-2-7-13(11)17-14/h1-2,5,7,12,14,17H,3-4,6,8-10H2,(H,16,18). The summed E-state index contributed by atoms with van der Waals surface area (Å²) in [5.74, 6) is 1.38. The normalized spacial score (nSPS) is 25.5. The van der Waals surface area contributed by atoms with E-state index in [9.17, 15) is 4.79 Å². The zero-order valence-corrected chi connectivity index (χ0v) is 11.8. The van der Waals surface area contributed by atoms with E-state index in [1.165, 1.54) is 30.6 Å². The molecule has 102 valence electrons. The summed E-state index contributed by atoms with van der Waals surface area (Å²) in [5.41, 5.74) is 2.35. The first-order chi connectivity index (χ1) is 9.33. The Hall–Kier alpha value is -1.16. The van der Waals surface area contributed by atoms with Gasteiger partial charge in [-0.25, -0.2) is 0 Å². The molecule has 1 aromatic rings. The van der Waals surface area contributed by atoms with Crippen molar-refractivity contribution in [2.45, 2.75) is 37.0 Å². The van der Waals surface area contributed by atoms with E-state index in [0.29, 0.717) is 5.25 Å². The van der Waals surface area contributed by atoms with E-state index in [0.717, 1.165) is 18.7 Å². The topological polar surface area (TPSA) is 41.1 Å². The minimum Gasteiger partial charge on any atom is -0.373 e. The second-order valence-corrected chi connectivity index (χ2v) is 6.70. The SMILES string of the molecule is O=C(NCC1CCCCS1)C1Cc2ccccc2N1. The number of carbonyl (C=O) groups is 1. The van der Waals surface area contributed by atoms with Crippen molar-refractivity contribution < 1.29 is 4.79 Å². The number of para-hydroxylation sites is 1. The van der Waals surface area contributed by atoms with Crippen LogP contribution in [0.4, 0.5) is 5.69 Å². The second-order valence-electron chi connectivity index (χ2n) is 5.29. The maximum Gasteiger partial charge on any atom is 0.242 e. The first kappa shape index (κ1) is 12.9. The van der Waals surface area contributed by atoms with Gasteiger partial charge >= 0.3 is 0 Å². The zero-order chi connectivity index (χ0) is 13.1. The number of carbonyl (C=O) groups excluding carboxylic acids is 1. The smallest absolute Gasteiger partial charge is 0.242 e. The van der Waals surface area contributed by atoms with Gasteiger partial charge < -0.3 is 10.6 Å². The van der Waals surface area contributed by atoms with Crippen LogP contribution >= 0.6 is 11.8 Å². The van der Waals surface area contributed by atoms with Gasteiger partial charge in [-0.1, -0.05) is 24.6 Å². The van der Waals surface area contributed by atoms with Crippen LogP contribution < -0.4 is 10.6 Å². The lowest BCUT2D eigenvalue weighted by atomic mass is 10.1. The summed E-state index contributed by atoms with van der Waals surface area (Å²) in [7, 11) is 0. The van der Waals surface area contributed by atoms with Crippen molar-refractivity contribution in [1.29, 1.82) is 0 Å². The fraction of sp³-hybridized carbons (Fsp3) is 0.533. The molecule has 0 aromatic heterocycles.